The third-order valence-electron chi connectivity index (χ3n) is 6.32. The van der Waals surface area contributed by atoms with Crippen molar-refractivity contribution in [1.82, 2.24) is 0 Å². The highest BCUT2D eigenvalue weighted by atomic mass is 32.1. The second kappa shape index (κ2) is 17.2. The Balaban J connectivity index is 2.21. The zero-order valence-electron chi connectivity index (χ0n) is 22.3. The van der Waals surface area contributed by atoms with Gasteiger partial charge in [0.05, 0.1) is 6.61 Å². The van der Waals surface area contributed by atoms with E-state index in [9.17, 15) is 0 Å². The first-order valence-electron chi connectivity index (χ1n) is 13.4. The molecule has 0 amide bonds. The normalized spacial score (nSPS) is 12.8. The fourth-order valence-electron chi connectivity index (χ4n) is 4.06. The first-order chi connectivity index (χ1) is 17.1. The van der Waals surface area contributed by atoms with Gasteiger partial charge in [-0.15, -0.1) is 0 Å². The first kappa shape index (κ1) is 29.0. The van der Waals surface area contributed by atoms with Crippen molar-refractivity contribution < 1.29 is 4.74 Å². The molecular weight excluding hydrogens is 446 g/mol. The van der Waals surface area contributed by atoms with Crippen LogP contribution in [-0.4, -0.2) is 25.1 Å². The number of thiol groups is 1. The Labute approximate surface area is 220 Å². The van der Waals surface area contributed by atoms with Crippen molar-refractivity contribution in [3.8, 4) is 5.75 Å². The number of hydrogen-bond acceptors (Lipinski definition) is 3. The molecule has 0 aliphatic rings. The second-order valence-electron chi connectivity index (χ2n) is 9.25. The summed E-state index contributed by atoms with van der Waals surface area (Å²) in [6, 6.07) is 13.2. The van der Waals surface area contributed by atoms with Crippen LogP contribution in [0.15, 0.2) is 47.5 Å². The lowest BCUT2D eigenvalue weighted by atomic mass is 9.98. The van der Waals surface area contributed by atoms with E-state index in [0.29, 0.717) is 5.92 Å². The van der Waals surface area contributed by atoms with Crippen molar-refractivity contribution >= 4 is 37.1 Å². The van der Waals surface area contributed by atoms with Crippen LogP contribution in [0.1, 0.15) is 87.1 Å². The molecule has 3 heteroatoms. The summed E-state index contributed by atoms with van der Waals surface area (Å²) in [7, 11) is 0. The molecule has 2 aromatic carbocycles. The third kappa shape index (κ3) is 10.9. The number of rotatable bonds is 16. The van der Waals surface area contributed by atoms with Gasteiger partial charge < -0.3 is 4.74 Å². The van der Waals surface area contributed by atoms with Crippen LogP contribution in [-0.2, 0) is 6.42 Å². The highest BCUT2D eigenvalue weighted by molar-refractivity contribution is 7.80. The molecule has 0 saturated carbocycles. The molecule has 0 saturated heterocycles. The van der Waals surface area contributed by atoms with Crippen LogP contribution in [0.4, 0.5) is 0 Å². The standard InChI is InChI=1S/C32H45NOS/c1-5-8-12-27(7-3)25-34-32-24-31(19-18-29-16-14-28(11-6-2)15-17-29)30(23-26(32)4)13-9-20-33-21-10-22-35/h6,11,14-20,23-24,27,35H,5,7-10,12-13,21-22,25H2,1-4H3/b11-6+,19-18+,33-20+. The van der Waals surface area contributed by atoms with Gasteiger partial charge in [-0.1, -0.05) is 87.7 Å². The Morgan fingerprint density at radius 2 is 1.74 bits per heavy atom. The fraction of sp³-hybridized carbons (Fsp3) is 0.469. The summed E-state index contributed by atoms with van der Waals surface area (Å²) in [5, 5.41) is 0. The van der Waals surface area contributed by atoms with Crippen molar-refractivity contribution in [1.29, 1.82) is 0 Å². The minimum atomic E-state index is 0.622. The van der Waals surface area contributed by atoms with Gasteiger partial charge >= 0.3 is 0 Å². The van der Waals surface area contributed by atoms with E-state index in [2.05, 4.69) is 105 Å². The quantitative estimate of drug-likeness (QED) is 0.107. The number of hydrogen-bond donors (Lipinski definition) is 1. The van der Waals surface area contributed by atoms with Crippen molar-refractivity contribution in [2.45, 2.75) is 72.6 Å². The van der Waals surface area contributed by atoms with Gasteiger partial charge in [0.2, 0.25) is 0 Å². The molecule has 1 atom stereocenters. The first-order valence-corrected chi connectivity index (χ1v) is 14.0. The Bertz CT molecular complexity index is 943. The number of unbranched alkanes of at least 4 members (excludes halogenated alkanes) is 1. The molecule has 0 heterocycles. The minimum Gasteiger partial charge on any atom is -0.493 e. The van der Waals surface area contributed by atoms with E-state index in [-0.39, 0.29) is 0 Å². The number of allylic oxidation sites excluding steroid dienone is 1. The van der Waals surface area contributed by atoms with Crippen LogP contribution in [0, 0.1) is 12.8 Å². The lowest BCUT2D eigenvalue weighted by Gasteiger charge is -2.18. The van der Waals surface area contributed by atoms with Crippen LogP contribution in [0.3, 0.4) is 0 Å². The summed E-state index contributed by atoms with van der Waals surface area (Å²) in [4.78, 5) is 4.52. The van der Waals surface area contributed by atoms with Gasteiger partial charge in [-0.3, -0.25) is 4.99 Å². The average Bonchev–Trinajstić information content (AvgIpc) is 2.87. The molecule has 2 rings (SSSR count). The molecule has 0 N–H and O–H groups in total. The van der Waals surface area contributed by atoms with Crippen LogP contribution >= 0.6 is 12.6 Å². The molecule has 1 unspecified atom stereocenters. The highest BCUT2D eigenvalue weighted by Gasteiger charge is 2.11. The molecule has 0 aliphatic heterocycles. The Hall–Kier alpha value is -2.26. The van der Waals surface area contributed by atoms with Crippen molar-refractivity contribution in [3.05, 3.63) is 70.3 Å². The van der Waals surface area contributed by atoms with Gasteiger partial charge in [0.1, 0.15) is 5.75 Å². The number of benzene rings is 2. The molecule has 0 radical (unpaired) electrons. The predicted octanol–water partition coefficient (Wildman–Crippen LogP) is 9.12. The maximum absolute atomic E-state index is 6.37. The SMILES string of the molecule is C/C=C/c1ccc(/C=C/c2cc(OCC(CC)CCCC)c(C)cc2CC/C=N/CCCS)cc1. The molecule has 35 heavy (non-hydrogen) atoms. The lowest BCUT2D eigenvalue weighted by molar-refractivity contribution is 0.232. The molecule has 0 spiro atoms. The van der Waals surface area contributed by atoms with Gasteiger partial charge in [0.15, 0.2) is 0 Å². The monoisotopic (exact) mass is 491 g/mol. The largest absolute Gasteiger partial charge is 0.493 e. The average molecular weight is 492 g/mol. The summed E-state index contributed by atoms with van der Waals surface area (Å²) in [6.07, 6.45) is 18.6. The van der Waals surface area contributed by atoms with Gasteiger partial charge in [-0.25, -0.2) is 0 Å². The number of aryl methyl sites for hydroxylation is 2. The zero-order valence-corrected chi connectivity index (χ0v) is 23.2. The van der Waals surface area contributed by atoms with Gasteiger partial charge in [0, 0.05) is 6.54 Å². The molecular formula is C32H45NOS. The van der Waals surface area contributed by atoms with E-state index in [1.165, 1.54) is 53.5 Å². The van der Waals surface area contributed by atoms with E-state index in [4.69, 9.17) is 4.74 Å². The summed E-state index contributed by atoms with van der Waals surface area (Å²) in [5.74, 6) is 2.52. The van der Waals surface area contributed by atoms with Gasteiger partial charge in [-0.2, -0.15) is 12.6 Å². The summed E-state index contributed by atoms with van der Waals surface area (Å²) >= 11 is 4.26. The maximum atomic E-state index is 6.37. The molecule has 2 aromatic rings. The molecule has 0 aliphatic carbocycles. The summed E-state index contributed by atoms with van der Waals surface area (Å²) < 4.78 is 6.37. The highest BCUT2D eigenvalue weighted by Crippen LogP contribution is 2.27. The topological polar surface area (TPSA) is 21.6 Å². The molecule has 190 valence electrons. The summed E-state index contributed by atoms with van der Waals surface area (Å²) in [5.41, 5.74) is 6.21. The minimum absolute atomic E-state index is 0.622. The van der Waals surface area contributed by atoms with Crippen molar-refractivity contribution in [2.75, 3.05) is 18.9 Å². The van der Waals surface area contributed by atoms with E-state index in [1.54, 1.807) is 0 Å². The van der Waals surface area contributed by atoms with Crippen LogP contribution in [0.2, 0.25) is 0 Å². The van der Waals surface area contributed by atoms with Crippen molar-refractivity contribution in [3.63, 3.8) is 0 Å². The maximum Gasteiger partial charge on any atom is 0.122 e. The molecule has 2 nitrogen and oxygen atoms in total. The smallest absolute Gasteiger partial charge is 0.122 e. The zero-order chi connectivity index (χ0) is 25.3. The second-order valence-corrected chi connectivity index (χ2v) is 9.70. The van der Waals surface area contributed by atoms with Gasteiger partial charge in [-0.05, 0) is 91.3 Å². The third-order valence-corrected chi connectivity index (χ3v) is 6.64. The van der Waals surface area contributed by atoms with Crippen LogP contribution in [0.25, 0.3) is 18.2 Å². The Morgan fingerprint density at radius 1 is 1.00 bits per heavy atom. The van der Waals surface area contributed by atoms with Gasteiger partial charge in [0.25, 0.3) is 0 Å². The van der Waals surface area contributed by atoms with E-state index >= 15 is 0 Å². The van der Waals surface area contributed by atoms with Crippen LogP contribution < -0.4 is 4.74 Å². The van der Waals surface area contributed by atoms with E-state index in [0.717, 1.165) is 43.9 Å². The number of nitrogens with zero attached hydrogens (tertiary/aromatic N) is 1. The molecule has 0 fully saturated rings. The van der Waals surface area contributed by atoms with Crippen LogP contribution in [0.5, 0.6) is 5.75 Å². The van der Waals surface area contributed by atoms with E-state index < -0.39 is 0 Å². The molecule has 0 aromatic heterocycles. The Morgan fingerprint density at radius 3 is 2.40 bits per heavy atom. The number of ether oxygens (including phenoxy) is 1. The fourth-order valence-corrected chi connectivity index (χ4v) is 4.20. The Kier molecular flexibility index (Phi) is 14.3. The van der Waals surface area contributed by atoms with E-state index in [1.807, 2.05) is 6.92 Å². The van der Waals surface area contributed by atoms with Crippen molar-refractivity contribution in [2.24, 2.45) is 10.9 Å². The number of aliphatic imine (C=N–C) groups is 1. The molecule has 0 bridgehead atoms. The lowest BCUT2D eigenvalue weighted by Crippen LogP contribution is -2.12. The summed E-state index contributed by atoms with van der Waals surface area (Å²) in [6.45, 7) is 10.4. The predicted molar refractivity (Wildman–Crippen MR) is 160 cm³/mol.